The van der Waals surface area contributed by atoms with Crippen LogP contribution in [-0.4, -0.2) is 51.1 Å². The highest BCUT2D eigenvalue weighted by Crippen LogP contribution is 2.34. The summed E-state index contributed by atoms with van der Waals surface area (Å²) in [5.41, 5.74) is 0. The molecule has 0 radical (unpaired) electrons. The second-order valence-electron chi connectivity index (χ2n) is 4.42. The van der Waals surface area contributed by atoms with E-state index < -0.39 is 5.79 Å². The van der Waals surface area contributed by atoms with Gasteiger partial charge in [-0.1, -0.05) is 0 Å². The molecule has 0 aromatic heterocycles. The first-order chi connectivity index (χ1) is 7.07. The van der Waals surface area contributed by atoms with E-state index in [-0.39, 0.29) is 18.5 Å². The minimum Gasteiger partial charge on any atom is -0.353 e. The highest BCUT2D eigenvalue weighted by atomic mass is 16.8. The molecule has 5 nitrogen and oxygen atoms in total. The van der Waals surface area contributed by atoms with Crippen LogP contribution in [0.15, 0.2) is 0 Å². The van der Waals surface area contributed by atoms with Gasteiger partial charge >= 0.3 is 0 Å². The van der Waals surface area contributed by atoms with Gasteiger partial charge in [-0.2, -0.15) is 0 Å². The van der Waals surface area contributed by atoms with E-state index in [4.69, 9.17) is 18.9 Å². The largest absolute Gasteiger partial charge is 0.353 e. The molecule has 2 fully saturated rings. The Morgan fingerprint density at radius 3 is 2.33 bits per heavy atom. The van der Waals surface area contributed by atoms with Crippen LogP contribution in [0.1, 0.15) is 13.8 Å². The number of ether oxygens (including phenoxy) is 4. The smallest absolute Gasteiger partial charge is 0.185 e. The van der Waals surface area contributed by atoms with Crippen LogP contribution >= 0.6 is 0 Å². The molecule has 0 aromatic rings. The lowest BCUT2D eigenvalue weighted by atomic mass is 10.1. The minimum atomic E-state index is -0.561. The molecule has 0 spiro atoms. The van der Waals surface area contributed by atoms with Crippen molar-refractivity contribution in [3.05, 3.63) is 0 Å². The third-order valence-corrected chi connectivity index (χ3v) is 2.73. The highest BCUT2D eigenvalue weighted by Gasteiger charge is 2.51. The lowest BCUT2D eigenvalue weighted by Gasteiger charge is -2.23. The fraction of sp³-hybridized carbons (Fsp3) is 1.00. The minimum absolute atomic E-state index is 0.00454. The van der Waals surface area contributed by atoms with Crippen LogP contribution in [0.25, 0.3) is 0 Å². The molecule has 5 heteroatoms. The van der Waals surface area contributed by atoms with Crippen molar-refractivity contribution >= 4 is 0 Å². The molecule has 2 heterocycles. The zero-order valence-electron chi connectivity index (χ0n) is 9.65. The fourth-order valence-electron chi connectivity index (χ4n) is 2.00. The Balaban J connectivity index is 2.06. The van der Waals surface area contributed by atoms with Gasteiger partial charge in [0.25, 0.3) is 0 Å². The zero-order chi connectivity index (χ0) is 11.1. The molecule has 0 aromatic carbocycles. The quantitative estimate of drug-likeness (QED) is 0.534. The molecular formula is C10H19NO4. The van der Waals surface area contributed by atoms with Crippen molar-refractivity contribution in [3.63, 3.8) is 0 Å². The van der Waals surface area contributed by atoms with Crippen molar-refractivity contribution in [1.29, 1.82) is 0 Å². The molecule has 2 aliphatic heterocycles. The van der Waals surface area contributed by atoms with Gasteiger partial charge in [-0.25, -0.2) is 0 Å². The summed E-state index contributed by atoms with van der Waals surface area (Å²) in [7, 11) is 3.22. The maximum Gasteiger partial charge on any atom is 0.185 e. The van der Waals surface area contributed by atoms with Crippen LogP contribution < -0.4 is 5.32 Å². The van der Waals surface area contributed by atoms with E-state index in [1.165, 1.54) is 0 Å². The Morgan fingerprint density at radius 1 is 1.27 bits per heavy atom. The van der Waals surface area contributed by atoms with Crippen molar-refractivity contribution in [1.82, 2.24) is 5.32 Å². The van der Waals surface area contributed by atoms with Crippen LogP contribution in [0.4, 0.5) is 0 Å². The Labute approximate surface area is 90.0 Å². The van der Waals surface area contributed by atoms with Gasteiger partial charge in [0.05, 0.1) is 0 Å². The second-order valence-corrected chi connectivity index (χ2v) is 4.42. The summed E-state index contributed by atoms with van der Waals surface area (Å²) in [6, 6.07) is 0.365. The standard InChI is InChI=1S/C10H19NO4/c1-10(2)14-7(6-5-11-6)8(15-10)9(12-3)13-4/h6-9,11H,5H2,1-4H3/t6-,7+,8+/m0/s1. The van der Waals surface area contributed by atoms with E-state index in [1.807, 2.05) is 13.8 Å². The summed E-state index contributed by atoms with van der Waals surface area (Å²) in [6.07, 6.45) is -0.543. The summed E-state index contributed by atoms with van der Waals surface area (Å²) < 4.78 is 22.1. The van der Waals surface area contributed by atoms with E-state index >= 15 is 0 Å². The van der Waals surface area contributed by atoms with Crippen molar-refractivity contribution in [2.24, 2.45) is 0 Å². The molecular weight excluding hydrogens is 198 g/mol. The zero-order valence-corrected chi connectivity index (χ0v) is 9.65. The van der Waals surface area contributed by atoms with E-state index in [0.717, 1.165) is 6.54 Å². The van der Waals surface area contributed by atoms with Gasteiger partial charge in [0, 0.05) is 26.8 Å². The summed E-state index contributed by atoms with van der Waals surface area (Å²) in [5, 5.41) is 3.23. The lowest BCUT2D eigenvalue weighted by Crippen LogP contribution is -2.41. The van der Waals surface area contributed by atoms with Crippen LogP contribution in [0.5, 0.6) is 0 Å². The van der Waals surface area contributed by atoms with E-state index in [2.05, 4.69) is 5.32 Å². The first-order valence-electron chi connectivity index (χ1n) is 5.22. The predicted molar refractivity (Wildman–Crippen MR) is 53.4 cm³/mol. The van der Waals surface area contributed by atoms with Gasteiger partial charge in [-0.3, -0.25) is 0 Å². The molecule has 0 amide bonds. The van der Waals surface area contributed by atoms with Crippen molar-refractivity contribution in [3.8, 4) is 0 Å². The van der Waals surface area contributed by atoms with Crippen molar-refractivity contribution < 1.29 is 18.9 Å². The van der Waals surface area contributed by atoms with Crippen LogP contribution in [0, 0.1) is 0 Å². The SMILES string of the molecule is COC(OC)[C@@H]1OC(C)(C)O[C@@H]1[C@@H]1CN1. The van der Waals surface area contributed by atoms with Gasteiger partial charge in [-0.05, 0) is 13.8 Å². The Bertz CT molecular complexity index is 225. The van der Waals surface area contributed by atoms with E-state index in [9.17, 15) is 0 Å². The van der Waals surface area contributed by atoms with E-state index in [1.54, 1.807) is 14.2 Å². The third kappa shape index (κ3) is 2.32. The maximum absolute atomic E-state index is 5.83. The number of methoxy groups -OCH3 is 2. The second kappa shape index (κ2) is 3.99. The van der Waals surface area contributed by atoms with Crippen LogP contribution in [0.3, 0.4) is 0 Å². The lowest BCUT2D eigenvalue weighted by molar-refractivity contribution is -0.201. The number of nitrogens with one attached hydrogen (secondary N) is 1. The van der Waals surface area contributed by atoms with Gasteiger partial charge in [0.15, 0.2) is 12.1 Å². The molecule has 0 aliphatic carbocycles. The van der Waals surface area contributed by atoms with Crippen molar-refractivity contribution in [2.75, 3.05) is 20.8 Å². The van der Waals surface area contributed by atoms with Gasteiger partial charge in [0.1, 0.15) is 12.2 Å². The molecule has 0 unspecified atom stereocenters. The van der Waals surface area contributed by atoms with Crippen LogP contribution in [-0.2, 0) is 18.9 Å². The van der Waals surface area contributed by atoms with Gasteiger partial charge in [-0.15, -0.1) is 0 Å². The summed E-state index contributed by atoms with van der Waals surface area (Å²) in [6.45, 7) is 4.79. The molecule has 0 bridgehead atoms. The third-order valence-electron chi connectivity index (χ3n) is 2.73. The Hall–Kier alpha value is -0.200. The molecule has 1 N–H and O–H groups in total. The summed E-state index contributed by atoms with van der Waals surface area (Å²) in [4.78, 5) is 0. The van der Waals surface area contributed by atoms with Crippen LogP contribution in [0.2, 0.25) is 0 Å². The van der Waals surface area contributed by atoms with Crippen molar-refractivity contribution in [2.45, 2.75) is 44.2 Å². The van der Waals surface area contributed by atoms with E-state index in [0.29, 0.717) is 6.04 Å². The first kappa shape index (κ1) is 11.3. The molecule has 3 atom stereocenters. The number of rotatable bonds is 4. The Morgan fingerprint density at radius 2 is 1.87 bits per heavy atom. The monoisotopic (exact) mass is 217 g/mol. The summed E-state index contributed by atoms with van der Waals surface area (Å²) in [5.74, 6) is -0.561. The predicted octanol–water partition coefficient (Wildman–Crippen LogP) is 0.0972. The topological polar surface area (TPSA) is 58.9 Å². The fourth-order valence-corrected chi connectivity index (χ4v) is 2.00. The maximum atomic E-state index is 5.83. The molecule has 2 aliphatic rings. The van der Waals surface area contributed by atoms with Gasteiger partial charge in [0.2, 0.25) is 0 Å². The average Bonchev–Trinajstić information content (AvgIpc) is 2.94. The molecule has 88 valence electrons. The normalized spacial score (nSPS) is 38.6. The average molecular weight is 217 g/mol. The molecule has 2 saturated heterocycles. The molecule has 0 saturated carbocycles. The number of hydrogen-bond acceptors (Lipinski definition) is 5. The molecule has 15 heavy (non-hydrogen) atoms. The van der Waals surface area contributed by atoms with Gasteiger partial charge < -0.3 is 24.3 Å². The Kier molecular flexibility index (Phi) is 3.00. The summed E-state index contributed by atoms with van der Waals surface area (Å²) >= 11 is 0. The highest BCUT2D eigenvalue weighted by molar-refractivity contribution is 5.00. The number of hydrogen-bond donors (Lipinski definition) is 1. The first-order valence-corrected chi connectivity index (χ1v) is 5.22. The molecule has 2 rings (SSSR count).